The summed E-state index contributed by atoms with van der Waals surface area (Å²) in [4.78, 5) is 39.6. The number of anilines is 5. The van der Waals surface area contributed by atoms with Crippen LogP contribution in [0.4, 0.5) is 28.6 Å². The van der Waals surface area contributed by atoms with Gasteiger partial charge >= 0.3 is 0 Å². The minimum Gasteiger partial charge on any atom is -0.492 e. The number of pyridine rings is 1. The number of hydrogen-bond acceptors (Lipinski definition) is 7. The zero-order valence-electron chi connectivity index (χ0n) is 28.8. The summed E-state index contributed by atoms with van der Waals surface area (Å²) >= 11 is 0. The van der Waals surface area contributed by atoms with E-state index in [1.54, 1.807) is 18.1 Å². The average Bonchev–Trinajstić information content (AvgIpc) is 3.17. The first kappa shape index (κ1) is 34.8. The van der Waals surface area contributed by atoms with Gasteiger partial charge < -0.3 is 29.7 Å². The Bertz CT molecular complexity index is 1470. The quantitative estimate of drug-likeness (QED) is 0.233. The number of aromatic nitrogens is 1. The van der Waals surface area contributed by atoms with E-state index in [2.05, 4.69) is 29.0 Å². The third-order valence-corrected chi connectivity index (χ3v) is 8.75. The molecule has 1 N–H and O–H groups in total. The SMILES string of the molecule is CC.CCCCN(CCC)C1CCN(C(=O)c2ccc(Nc3cc4c(cn3)N(C)C(=O)c3ccccc3N4C)c(OCC)c2)CC1. The van der Waals surface area contributed by atoms with Crippen molar-refractivity contribution in [3.05, 3.63) is 65.9 Å². The van der Waals surface area contributed by atoms with Crippen LogP contribution in [0.15, 0.2) is 54.7 Å². The van der Waals surface area contributed by atoms with Crippen molar-refractivity contribution >= 4 is 40.4 Å². The average molecular weight is 629 g/mol. The highest BCUT2D eigenvalue weighted by molar-refractivity contribution is 6.13. The van der Waals surface area contributed by atoms with Crippen molar-refractivity contribution in [1.29, 1.82) is 0 Å². The Kier molecular flexibility index (Phi) is 12.4. The van der Waals surface area contributed by atoms with Crippen LogP contribution >= 0.6 is 0 Å². The number of carbonyl (C=O) groups is 2. The molecule has 2 amide bonds. The molecule has 3 aromatic rings. The van der Waals surface area contributed by atoms with Gasteiger partial charge in [0.15, 0.2) is 0 Å². The molecule has 9 heteroatoms. The maximum atomic E-state index is 13.6. The van der Waals surface area contributed by atoms with Gasteiger partial charge in [-0.25, -0.2) is 4.98 Å². The first-order valence-corrected chi connectivity index (χ1v) is 17.0. The fraction of sp³-hybridized carbons (Fsp3) is 0.486. The second-order valence-corrected chi connectivity index (χ2v) is 11.7. The number of rotatable bonds is 11. The smallest absolute Gasteiger partial charge is 0.260 e. The molecule has 0 atom stereocenters. The maximum absolute atomic E-state index is 13.6. The van der Waals surface area contributed by atoms with Gasteiger partial charge in [0.05, 0.1) is 41.1 Å². The highest BCUT2D eigenvalue weighted by Gasteiger charge is 2.29. The van der Waals surface area contributed by atoms with Crippen molar-refractivity contribution in [2.75, 3.05) is 62.0 Å². The molecule has 0 saturated carbocycles. The Morgan fingerprint density at radius 1 is 0.935 bits per heavy atom. The molecule has 2 aromatic carbocycles. The summed E-state index contributed by atoms with van der Waals surface area (Å²) in [5, 5.41) is 3.39. The Labute approximate surface area is 275 Å². The van der Waals surface area contributed by atoms with Crippen LogP contribution in [0.25, 0.3) is 0 Å². The van der Waals surface area contributed by atoms with Crippen LogP contribution in [0.1, 0.15) is 87.4 Å². The van der Waals surface area contributed by atoms with E-state index in [1.165, 1.54) is 12.8 Å². The fourth-order valence-electron chi connectivity index (χ4n) is 6.31. The first-order valence-electron chi connectivity index (χ1n) is 17.0. The number of ether oxygens (including phenoxy) is 1. The van der Waals surface area contributed by atoms with E-state index >= 15 is 0 Å². The molecule has 0 unspecified atom stereocenters. The summed E-state index contributed by atoms with van der Waals surface area (Å²) in [5.41, 5.74) is 4.39. The summed E-state index contributed by atoms with van der Waals surface area (Å²) in [6, 6.07) is 15.7. The number of amides is 2. The van der Waals surface area contributed by atoms with Crippen molar-refractivity contribution < 1.29 is 14.3 Å². The number of fused-ring (bicyclic) bond motifs is 2. The molecule has 0 bridgehead atoms. The molecule has 46 heavy (non-hydrogen) atoms. The van der Waals surface area contributed by atoms with Crippen LogP contribution in [-0.4, -0.2) is 79.5 Å². The molecule has 0 spiro atoms. The van der Waals surface area contributed by atoms with Gasteiger partial charge in [-0.15, -0.1) is 0 Å². The van der Waals surface area contributed by atoms with Gasteiger partial charge in [0.2, 0.25) is 0 Å². The number of hydrogen-bond donors (Lipinski definition) is 1. The second kappa shape index (κ2) is 16.5. The lowest BCUT2D eigenvalue weighted by Gasteiger charge is -2.38. The normalized spacial score (nSPS) is 14.7. The van der Waals surface area contributed by atoms with Crippen molar-refractivity contribution in [1.82, 2.24) is 14.8 Å². The highest BCUT2D eigenvalue weighted by Crippen LogP contribution is 2.40. The largest absolute Gasteiger partial charge is 0.492 e. The van der Waals surface area contributed by atoms with Gasteiger partial charge in [-0.2, -0.15) is 0 Å². The van der Waals surface area contributed by atoms with Crippen molar-refractivity contribution in [2.24, 2.45) is 0 Å². The molecule has 0 radical (unpaired) electrons. The van der Waals surface area contributed by atoms with Crippen LogP contribution in [-0.2, 0) is 0 Å². The highest BCUT2D eigenvalue weighted by atomic mass is 16.5. The number of para-hydroxylation sites is 1. The van der Waals surface area contributed by atoms with Gasteiger partial charge in [-0.1, -0.05) is 46.2 Å². The molecule has 1 fully saturated rings. The van der Waals surface area contributed by atoms with Crippen LogP contribution in [0.2, 0.25) is 0 Å². The van der Waals surface area contributed by atoms with E-state index in [4.69, 9.17) is 4.74 Å². The second-order valence-electron chi connectivity index (χ2n) is 11.7. The zero-order chi connectivity index (χ0) is 33.2. The number of unbranched alkanes of at least 4 members (excludes halogenated alkanes) is 1. The van der Waals surface area contributed by atoms with Crippen molar-refractivity contribution in [2.45, 2.75) is 72.8 Å². The molecule has 5 rings (SSSR count). The monoisotopic (exact) mass is 628 g/mol. The number of likely N-dealkylation sites (tertiary alicyclic amines) is 1. The molecule has 0 aliphatic carbocycles. The maximum Gasteiger partial charge on any atom is 0.260 e. The topological polar surface area (TPSA) is 81.2 Å². The molecule has 3 heterocycles. The molecule has 2 aliphatic rings. The Morgan fingerprint density at radius 3 is 2.37 bits per heavy atom. The molecule has 1 aromatic heterocycles. The number of nitrogens with one attached hydrogen (secondary N) is 1. The number of piperidine rings is 1. The Balaban J connectivity index is 0.00000235. The lowest BCUT2D eigenvalue weighted by molar-refractivity contribution is 0.0616. The van der Waals surface area contributed by atoms with E-state index in [-0.39, 0.29) is 11.8 Å². The first-order chi connectivity index (χ1) is 22.4. The standard InChI is InChI=1S/C35H46N6O3.C2H6/c1-6-9-19-40(18-7-2)26-16-20-41(21-17-26)34(42)25-14-15-28(32(22-25)44-8-3)37-33-23-30-31(24-36-33)39(5)35(43)27-12-10-11-13-29(27)38(30)4;1-2/h10-15,22-24,26H,6-9,16-21H2,1-5H3,(H,36,37);1-2H3. The summed E-state index contributed by atoms with van der Waals surface area (Å²) in [6.07, 6.45) is 7.32. The number of benzene rings is 2. The predicted octanol–water partition coefficient (Wildman–Crippen LogP) is 7.72. The van der Waals surface area contributed by atoms with Gasteiger partial charge in [0.25, 0.3) is 11.8 Å². The number of nitrogens with zero attached hydrogens (tertiary/aromatic N) is 5. The molecular formula is C37H52N6O3. The van der Waals surface area contributed by atoms with E-state index in [0.717, 1.165) is 68.2 Å². The Hall–Kier alpha value is -4.11. The minimum atomic E-state index is -0.0772. The summed E-state index contributed by atoms with van der Waals surface area (Å²) in [5.74, 6) is 1.18. The van der Waals surface area contributed by atoms with Gasteiger partial charge in [0.1, 0.15) is 11.6 Å². The van der Waals surface area contributed by atoms with Crippen LogP contribution in [0, 0.1) is 0 Å². The molecular weight excluding hydrogens is 576 g/mol. The van der Waals surface area contributed by atoms with Crippen molar-refractivity contribution in [3.8, 4) is 5.75 Å². The lowest BCUT2D eigenvalue weighted by atomic mass is 10.0. The van der Waals surface area contributed by atoms with Crippen LogP contribution in [0.5, 0.6) is 5.75 Å². The molecule has 1 saturated heterocycles. The summed E-state index contributed by atoms with van der Waals surface area (Å²) in [6.45, 7) is 14.7. The number of carbonyl (C=O) groups excluding carboxylic acids is 2. The Morgan fingerprint density at radius 2 is 1.67 bits per heavy atom. The molecule has 2 aliphatic heterocycles. The minimum absolute atomic E-state index is 0.0442. The van der Waals surface area contributed by atoms with E-state index in [0.29, 0.717) is 35.3 Å². The van der Waals surface area contributed by atoms with Gasteiger partial charge in [0, 0.05) is 44.9 Å². The van der Waals surface area contributed by atoms with Gasteiger partial charge in [-0.05, 0) is 76.0 Å². The fourth-order valence-corrected chi connectivity index (χ4v) is 6.31. The van der Waals surface area contributed by atoms with Crippen LogP contribution in [0.3, 0.4) is 0 Å². The van der Waals surface area contributed by atoms with Crippen LogP contribution < -0.4 is 19.9 Å². The molecule has 248 valence electrons. The van der Waals surface area contributed by atoms with E-state index in [1.807, 2.05) is 86.1 Å². The summed E-state index contributed by atoms with van der Waals surface area (Å²) in [7, 11) is 3.72. The molecule has 9 nitrogen and oxygen atoms in total. The summed E-state index contributed by atoms with van der Waals surface area (Å²) < 4.78 is 6.00. The van der Waals surface area contributed by atoms with Crippen molar-refractivity contribution in [3.63, 3.8) is 0 Å². The van der Waals surface area contributed by atoms with E-state index < -0.39 is 0 Å². The predicted molar refractivity (Wildman–Crippen MR) is 189 cm³/mol. The third kappa shape index (κ3) is 7.64. The lowest BCUT2D eigenvalue weighted by Crippen LogP contribution is -2.47. The van der Waals surface area contributed by atoms with Gasteiger partial charge in [-0.3, -0.25) is 9.59 Å². The zero-order valence-corrected chi connectivity index (χ0v) is 28.8. The third-order valence-electron chi connectivity index (χ3n) is 8.75. The van der Waals surface area contributed by atoms with E-state index in [9.17, 15) is 9.59 Å².